The molecule has 8 nitrogen and oxygen atoms in total. The van der Waals surface area contributed by atoms with Crippen molar-refractivity contribution in [1.82, 2.24) is 14.9 Å². The highest BCUT2D eigenvalue weighted by molar-refractivity contribution is 7.99. The van der Waals surface area contributed by atoms with Crippen LogP contribution in [0, 0.1) is 10.1 Å². The molecule has 2 aromatic rings. The Labute approximate surface area is 124 Å². The van der Waals surface area contributed by atoms with Gasteiger partial charge in [-0.25, -0.2) is 4.68 Å². The van der Waals surface area contributed by atoms with Gasteiger partial charge in [0.05, 0.1) is 9.82 Å². The van der Waals surface area contributed by atoms with Gasteiger partial charge in [-0.3, -0.25) is 14.9 Å². The van der Waals surface area contributed by atoms with E-state index >= 15 is 0 Å². The molecule has 2 N–H and O–H groups in total. The van der Waals surface area contributed by atoms with Crippen molar-refractivity contribution in [3.8, 4) is 0 Å². The van der Waals surface area contributed by atoms with Crippen molar-refractivity contribution in [1.29, 1.82) is 0 Å². The van der Waals surface area contributed by atoms with Crippen LogP contribution in [0.2, 0.25) is 0 Å². The highest BCUT2D eigenvalue weighted by Gasteiger charge is 2.20. The van der Waals surface area contributed by atoms with Crippen molar-refractivity contribution in [2.24, 2.45) is 0 Å². The molecule has 0 saturated carbocycles. The summed E-state index contributed by atoms with van der Waals surface area (Å²) in [5.74, 6) is 6.17. The Balaban J connectivity index is 2.41. The van der Waals surface area contributed by atoms with E-state index in [-0.39, 0.29) is 17.0 Å². The second-order valence-electron chi connectivity index (χ2n) is 4.22. The SMILES string of the molecule is CCc1nnc(Sc2ccc(C(C)=O)cc2[N+](=O)[O-])n1N. The zero-order valence-corrected chi connectivity index (χ0v) is 12.3. The number of Topliss-reactive ketones (excluding diaryl/α,β-unsaturated/α-hetero) is 1. The lowest BCUT2D eigenvalue weighted by molar-refractivity contribution is -0.387. The summed E-state index contributed by atoms with van der Waals surface area (Å²) >= 11 is 1.04. The van der Waals surface area contributed by atoms with Gasteiger partial charge in [-0.2, -0.15) is 0 Å². The van der Waals surface area contributed by atoms with Gasteiger partial charge in [0.1, 0.15) is 0 Å². The fourth-order valence-electron chi connectivity index (χ4n) is 1.68. The lowest BCUT2D eigenvalue weighted by Crippen LogP contribution is -2.13. The maximum absolute atomic E-state index is 11.3. The third-order valence-corrected chi connectivity index (χ3v) is 3.84. The molecule has 0 aliphatic rings. The van der Waals surface area contributed by atoms with E-state index in [9.17, 15) is 14.9 Å². The molecule has 0 bridgehead atoms. The number of benzene rings is 1. The number of ketones is 1. The number of nitro benzene ring substituents is 1. The van der Waals surface area contributed by atoms with Crippen molar-refractivity contribution >= 4 is 23.2 Å². The molecule has 0 spiro atoms. The topological polar surface area (TPSA) is 117 Å². The van der Waals surface area contributed by atoms with Crippen LogP contribution in [-0.2, 0) is 6.42 Å². The van der Waals surface area contributed by atoms with Crippen LogP contribution >= 0.6 is 11.8 Å². The minimum atomic E-state index is -0.535. The number of carbonyl (C=O) groups is 1. The Bertz CT molecular complexity index is 713. The van der Waals surface area contributed by atoms with E-state index in [1.165, 1.54) is 29.8 Å². The Morgan fingerprint density at radius 1 is 1.48 bits per heavy atom. The van der Waals surface area contributed by atoms with Gasteiger partial charge in [-0.15, -0.1) is 10.2 Å². The molecule has 110 valence electrons. The fraction of sp³-hybridized carbons (Fsp3) is 0.250. The minimum absolute atomic E-state index is 0.159. The van der Waals surface area contributed by atoms with Crippen molar-refractivity contribution < 1.29 is 9.72 Å². The summed E-state index contributed by atoms with van der Waals surface area (Å²) in [5.41, 5.74) is 0.128. The first kappa shape index (κ1) is 15.0. The van der Waals surface area contributed by atoms with Crippen LogP contribution in [0.25, 0.3) is 0 Å². The van der Waals surface area contributed by atoms with Gasteiger partial charge in [0.15, 0.2) is 11.6 Å². The Hall–Kier alpha value is -2.42. The Morgan fingerprint density at radius 3 is 2.71 bits per heavy atom. The third-order valence-electron chi connectivity index (χ3n) is 2.81. The summed E-state index contributed by atoms with van der Waals surface area (Å²) < 4.78 is 1.30. The number of hydrogen-bond acceptors (Lipinski definition) is 7. The van der Waals surface area contributed by atoms with Gasteiger partial charge in [0.2, 0.25) is 5.16 Å². The molecule has 0 aliphatic heterocycles. The maximum atomic E-state index is 11.3. The molecule has 2 rings (SSSR count). The van der Waals surface area contributed by atoms with Crippen molar-refractivity contribution in [3.05, 3.63) is 39.7 Å². The molecule has 1 heterocycles. The molecule has 0 atom stereocenters. The maximum Gasteiger partial charge on any atom is 0.284 e. The number of nitrogens with two attached hydrogens (primary N) is 1. The first-order valence-corrected chi connectivity index (χ1v) is 6.92. The van der Waals surface area contributed by atoms with Gasteiger partial charge >= 0.3 is 0 Å². The predicted octanol–water partition coefficient (Wildman–Crippen LogP) is 1.82. The number of aromatic nitrogens is 3. The Kier molecular flexibility index (Phi) is 4.22. The van der Waals surface area contributed by atoms with Gasteiger partial charge in [0, 0.05) is 18.1 Å². The van der Waals surface area contributed by atoms with Crippen LogP contribution < -0.4 is 5.84 Å². The molecule has 0 radical (unpaired) electrons. The molecule has 1 aromatic heterocycles. The summed E-state index contributed by atoms with van der Waals surface area (Å²) in [7, 11) is 0. The zero-order chi connectivity index (χ0) is 15.6. The molecular weight excluding hydrogens is 294 g/mol. The first-order valence-electron chi connectivity index (χ1n) is 6.10. The number of rotatable bonds is 5. The van der Waals surface area contributed by atoms with E-state index in [0.29, 0.717) is 22.3 Å². The second-order valence-corrected chi connectivity index (χ2v) is 5.23. The monoisotopic (exact) mass is 307 g/mol. The molecule has 0 saturated heterocycles. The molecule has 0 unspecified atom stereocenters. The summed E-state index contributed by atoms with van der Waals surface area (Å²) in [4.78, 5) is 22.3. The summed E-state index contributed by atoms with van der Waals surface area (Å²) in [6.07, 6.45) is 0.607. The third kappa shape index (κ3) is 3.02. The van der Waals surface area contributed by atoms with Crippen molar-refractivity contribution in [2.75, 3.05) is 5.84 Å². The number of carbonyl (C=O) groups excluding carboxylic acids is 1. The van der Waals surface area contributed by atoms with Crippen LogP contribution in [0.5, 0.6) is 0 Å². The van der Waals surface area contributed by atoms with Crippen LogP contribution in [0.3, 0.4) is 0 Å². The molecule has 0 amide bonds. The number of hydrogen-bond donors (Lipinski definition) is 1. The van der Waals surface area contributed by atoms with Crippen LogP contribution in [-0.4, -0.2) is 25.6 Å². The number of nitrogen functional groups attached to an aromatic ring is 1. The standard InChI is InChI=1S/C12H13N5O3S/c1-3-11-14-15-12(16(11)13)21-10-5-4-8(7(2)18)6-9(10)17(19)20/h4-6H,3,13H2,1-2H3. The average Bonchev–Trinajstić information content (AvgIpc) is 2.79. The van der Waals surface area contributed by atoms with Gasteiger partial charge in [-0.05, 0) is 30.8 Å². The predicted molar refractivity (Wildman–Crippen MR) is 76.8 cm³/mol. The highest BCUT2D eigenvalue weighted by Crippen LogP contribution is 2.34. The molecule has 0 fully saturated rings. The van der Waals surface area contributed by atoms with Gasteiger partial charge < -0.3 is 5.84 Å². The summed E-state index contributed by atoms with van der Waals surface area (Å²) in [5, 5.41) is 19.3. The Morgan fingerprint density at radius 2 is 2.19 bits per heavy atom. The molecule has 21 heavy (non-hydrogen) atoms. The zero-order valence-electron chi connectivity index (χ0n) is 11.4. The normalized spacial score (nSPS) is 10.6. The molecule has 0 aliphatic carbocycles. The second kappa shape index (κ2) is 5.92. The number of nitrogens with zero attached hydrogens (tertiary/aromatic N) is 4. The van der Waals surface area contributed by atoms with Crippen molar-refractivity contribution in [3.63, 3.8) is 0 Å². The fourth-order valence-corrected chi connectivity index (χ4v) is 2.54. The van der Waals surface area contributed by atoms with E-state index in [1.54, 1.807) is 0 Å². The van der Waals surface area contributed by atoms with Gasteiger partial charge in [0.25, 0.3) is 5.69 Å². The van der Waals surface area contributed by atoms with E-state index in [4.69, 9.17) is 5.84 Å². The van der Waals surface area contributed by atoms with Crippen LogP contribution in [0.1, 0.15) is 30.0 Å². The van der Waals surface area contributed by atoms with E-state index < -0.39 is 4.92 Å². The lowest BCUT2D eigenvalue weighted by Gasteiger charge is -2.04. The summed E-state index contributed by atoms with van der Waals surface area (Å²) in [6, 6.07) is 4.30. The molecule has 9 heteroatoms. The quantitative estimate of drug-likeness (QED) is 0.387. The smallest absolute Gasteiger partial charge is 0.284 e. The number of nitro groups is 1. The first-order chi connectivity index (χ1) is 9.93. The summed E-state index contributed by atoms with van der Waals surface area (Å²) in [6.45, 7) is 3.24. The van der Waals surface area contributed by atoms with Crippen LogP contribution in [0.4, 0.5) is 5.69 Å². The highest BCUT2D eigenvalue weighted by atomic mass is 32.2. The average molecular weight is 307 g/mol. The van der Waals surface area contributed by atoms with E-state index in [2.05, 4.69) is 10.2 Å². The largest absolute Gasteiger partial charge is 0.336 e. The lowest BCUT2D eigenvalue weighted by atomic mass is 10.1. The molecule has 1 aromatic carbocycles. The van der Waals surface area contributed by atoms with E-state index in [1.807, 2.05) is 6.92 Å². The van der Waals surface area contributed by atoms with E-state index in [0.717, 1.165) is 11.8 Å². The van der Waals surface area contributed by atoms with Crippen LogP contribution in [0.15, 0.2) is 28.3 Å². The van der Waals surface area contributed by atoms with Crippen molar-refractivity contribution in [2.45, 2.75) is 30.3 Å². The number of aryl methyl sites for hydroxylation is 1. The molecular formula is C12H13N5O3S. The minimum Gasteiger partial charge on any atom is -0.336 e. The van der Waals surface area contributed by atoms with Gasteiger partial charge in [-0.1, -0.05) is 6.92 Å².